The van der Waals surface area contributed by atoms with E-state index in [0.717, 1.165) is 0 Å². The monoisotopic (exact) mass is 358 g/mol. The van der Waals surface area contributed by atoms with Gasteiger partial charge in [-0.1, -0.05) is 12.1 Å². The van der Waals surface area contributed by atoms with Gasteiger partial charge in [-0.25, -0.2) is 9.59 Å². The van der Waals surface area contributed by atoms with Crippen LogP contribution < -0.4 is 34.0 Å². The van der Waals surface area contributed by atoms with Crippen LogP contribution >= 0.6 is 0 Å². The molecule has 1 aromatic carbocycles. The van der Waals surface area contributed by atoms with Crippen LogP contribution in [0.25, 0.3) is 0 Å². The van der Waals surface area contributed by atoms with Gasteiger partial charge in [0, 0.05) is 0 Å². The van der Waals surface area contributed by atoms with Crippen LogP contribution in [-0.4, -0.2) is 25.0 Å². The molecule has 0 bridgehead atoms. The SMILES string of the molecule is Nc1[nH]c(=O)[nH]c(=O)c1C(c1ccc(O)cc1)c1c(N)[nH]c(=O)[nH]c1=O. The molecule has 0 atom stereocenters. The number of hydrogen-bond acceptors (Lipinski definition) is 7. The molecule has 11 heteroatoms. The number of benzene rings is 1. The van der Waals surface area contributed by atoms with E-state index in [1.54, 1.807) is 0 Å². The van der Waals surface area contributed by atoms with Gasteiger partial charge in [0.05, 0.1) is 17.0 Å². The zero-order chi connectivity index (χ0) is 19.0. The molecule has 3 rings (SSSR count). The molecule has 0 unspecified atom stereocenters. The minimum atomic E-state index is -1.11. The number of aromatic hydroxyl groups is 1. The molecule has 0 aliphatic rings. The van der Waals surface area contributed by atoms with Crippen LogP contribution in [-0.2, 0) is 0 Å². The molecule has 0 aliphatic carbocycles. The molecule has 3 aromatic rings. The van der Waals surface area contributed by atoms with Crippen LogP contribution in [0, 0.1) is 0 Å². The van der Waals surface area contributed by atoms with E-state index >= 15 is 0 Å². The molecule has 11 nitrogen and oxygen atoms in total. The summed E-state index contributed by atoms with van der Waals surface area (Å²) in [6, 6.07) is 5.59. The minimum Gasteiger partial charge on any atom is -0.508 e. The van der Waals surface area contributed by atoms with Gasteiger partial charge in [0.15, 0.2) is 0 Å². The molecule has 9 N–H and O–H groups in total. The molecule has 2 heterocycles. The second-order valence-corrected chi connectivity index (χ2v) is 5.50. The van der Waals surface area contributed by atoms with Crippen LogP contribution in [0.15, 0.2) is 43.4 Å². The molecule has 0 spiro atoms. The van der Waals surface area contributed by atoms with E-state index < -0.39 is 28.4 Å². The van der Waals surface area contributed by atoms with E-state index in [1.165, 1.54) is 24.3 Å². The predicted octanol–water partition coefficient (Wildman–Crippen LogP) is -1.51. The van der Waals surface area contributed by atoms with Crippen molar-refractivity contribution in [3.05, 3.63) is 82.6 Å². The van der Waals surface area contributed by atoms with Gasteiger partial charge in [-0.3, -0.25) is 29.5 Å². The normalized spacial score (nSPS) is 11.0. The summed E-state index contributed by atoms with van der Waals surface area (Å²) in [5, 5.41) is 9.49. The summed E-state index contributed by atoms with van der Waals surface area (Å²) in [5.41, 5.74) is 8.43. The Morgan fingerprint density at radius 3 is 1.54 bits per heavy atom. The fraction of sp³-hybridized carbons (Fsp3) is 0.0667. The average molecular weight is 358 g/mol. The summed E-state index contributed by atoms with van der Waals surface area (Å²) in [5.74, 6) is -1.68. The van der Waals surface area contributed by atoms with Crippen molar-refractivity contribution >= 4 is 11.6 Å². The number of nitrogens with two attached hydrogens (primary N) is 2. The van der Waals surface area contributed by atoms with Gasteiger partial charge in [0.25, 0.3) is 11.1 Å². The summed E-state index contributed by atoms with van der Waals surface area (Å²) in [6.45, 7) is 0. The highest BCUT2D eigenvalue weighted by Gasteiger charge is 2.28. The first-order valence-corrected chi connectivity index (χ1v) is 7.30. The third kappa shape index (κ3) is 2.88. The number of nitrogen functional groups attached to an aromatic ring is 2. The molecule has 2 aromatic heterocycles. The number of H-pyrrole nitrogens is 4. The Morgan fingerprint density at radius 1 is 0.731 bits per heavy atom. The van der Waals surface area contributed by atoms with Crippen molar-refractivity contribution in [3.8, 4) is 5.75 Å². The van der Waals surface area contributed by atoms with Gasteiger partial charge in [-0.15, -0.1) is 0 Å². The van der Waals surface area contributed by atoms with Crippen LogP contribution in [0.5, 0.6) is 5.75 Å². The lowest BCUT2D eigenvalue weighted by molar-refractivity contribution is 0.475. The molecule has 0 fully saturated rings. The maximum Gasteiger partial charge on any atom is 0.327 e. The third-order valence-corrected chi connectivity index (χ3v) is 3.82. The first kappa shape index (κ1) is 16.8. The summed E-state index contributed by atoms with van der Waals surface area (Å²) in [6.07, 6.45) is 0. The van der Waals surface area contributed by atoms with Crippen LogP contribution in [0.1, 0.15) is 22.6 Å². The van der Waals surface area contributed by atoms with Crippen molar-refractivity contribution in [1.29, 1.82) is 0 Å². The molecule has 0 saturated heterocycles. The van der Waals surface area contributed by atoms with Crippen molar-refractivity contribution < 1.29 is 5.11 Å². The standard InChI is InChI=1S/C15H14N6O5/c16-10-8(12(23)20-14(25)18-10)7(5-1-3-6(22)4-2-5)9-11(17)19-15(26)21-13(9)24/h1-4,7,22H,(H4,16,18,20,23,25)(H4,17,19,21,24,26). The number of phenolic OH excluding ortho intramolecular Hbond substituents is 1. The van der Waals surface area contributed by atoms with Gasteiger partial charge >= 0.3 is 11.4 Å². The van der Waals surface area contributed by atoms with E-state index in [2.05, 4.69) is 9.97 Å². The molecular weight excluding hydrogens is 344 g/mol. The molecule has 0 amide bonds. The summed E-state index contributed by atoms with van der Waals surface area (Å²) in [7, 11) is 0. The fourth-order valence-corrected chi connectivity index (χ4v) is 2.74. The highest BCUT2D eigenvalue weighted by atomic mass is 16.3. The molecule has 0 aliphatic heterocycles. The van der Waals surface area contributed by atoms with Gasteiger partial charge in [0.2, 0.25) is 0 Å². The lowest BCUT2D eigenvalue weighted by atomic mass is 9.86. The van der Waals surface area contributed by atoms with Crippen molar-refractivity contribution in [2.75, 3.05) is 11.5 Å². The number of nitrogens with one attached hydrogen (secondary N) is 4. The molecule has 134 valence electrons. The summed E-state index contributed by atoms with van der Waals surface area (Å²) < 4.78 is 0. The topological polar surface area (TPSA) is 204 Å². The molecular formula is C15H14N6O5. The maximum absolute atomic E-state index is 12.4. The third-order valence-electron chi connectivity index (χ3n) is 3.82. The Kier molecular flexibility index (Phi) is 3.96. The van der Waals surface area contributed by atoms with Crippen LogP contribution in [0.2, 0.25) is 0 Å². The van der Waals surface area contributed by atoms with E-state index in [4.69, 9.17) is 11.5 Å². The smallest absolute Gasteiger partial charge is 0.327 e. The number of hydrogen-bond donors (Lipinski definition) is 7. The van der Waals surface area contributed by atoms with Crippen molar-refractivity contribution in [3.63, 3.8) is 0 Å². The number of aromatic amines is 4. The van der Waals surface area contributed by atoms with Crippen LogP contribution in [0.4, 0.5) is 11.6 Å². The highest BCUT2D eigenvalue weighted by Crippen LogP contribution is 2.32. The van der Waals surface area contributed by atoms with Crippen LogP contribution in [0.3, 0.4) is 0 Å². The Labute approximate surface area is 143 Å². The van der Waals surface area contributed by atoms with Crippen molar-refractivity contribution in [1.82, 2.24) is 19.9 Å². The quantitative estimate of drug-likeness (QED) is 0.294. The van der Waals surface area contributed by atoms with Gasteiger partial charge < -0.3 is 16.6 Å². The Hall–Kier alpha value is -4.02. The van der Waals surface area contributed by atoms with E-state index in [-0.39, 0.29) is 28.5 Å². The van der Waals surface area contributed by atoms with Gasteiger partial charge in [-0.2, -0.15) is 0 Å². The number of aromatic nitrogens is 4. The van der Waals surface area contributed by atoms with Crippen molar-refractivity contribution in [2.45, 2.75) is 5.92 Å². The maximum atomic E-state index is 12.4. The second-order valence-electron chi connectivity index (χ2n) is 5.50. The minimum absolute atomic E-state index is 0.0424. The number of phenols is 1. The molecule has 26 heavy (non-hydrogen) atoms. The van der Waals surface area contributed by atoms with Gasteiger partial charge in [0.1, 0.15) is 17.4 Å². The Balaban J connectivity index is 2.41. The van der Waals surface area contributed by atoms with E-state index in [9.17, 15) is 24.3 Å². The Bertz CT molecular complexity index is 1130. The van der Waals surface area contributed by atoms with E-state index in [1.807, 2.05) is 9.97 Å². The fourth-order valence-electron chi connectivity index (χ4n) is 2.74. The second kappa shape index (κ2) is 6.12. The first-order chi connectivity index (χ1) is 12.3. The average Bonchev–Trinajstić information content (AvgIpc) is 2.52. The summed E-state index contributed by atoms with van der Waals surface area (Å²) >= 11 is 0. The van der Waals surface area contributed by atoms with E-state index in [0.29, 0.717) is 5.56 Å². The zero-order valence-corrected chi connectivity index (χ0v) is 13.1. The predicted molar refractivity (Wildman–Crippen MR) is 93.2 cm³/mol. The summed E-state index contributed by atoms with van der Waals surface area (Å²) in [4.78, 5) is 56.2. The number of anilines is 2. The van der Waals surface area contributed by atoms with Crippen molar-refractivity contribution in [2.24, 2.45) is 0 Å². The Morgan fingerprint density at radius 2 is 1.15 bits per heavy atom. The largest absolute Gasteiger partial charge is 0.508 e. The lowest BCUT2D eigenvalue weighted by Gasteiger charge is -2.19. The molecule has 0 saturated carbocycles. The lowest BCUT2D eigenvalue weighted by Crippen LogP contribution is -2.34. The van der Waals surface area contributed by atoms with Gasteiger partial charge in [-0.05, 0) is 17.7 Å². The molecule has 0 radical (unpaired) electrons. The number of rotatable bonds is 3. The highest BCUT2D eigenvalue weighted by molar-refractivity contribution is 5.56. The first-order valence-electron chi connectivity index (χ1n) is 7.30. The zero-order valence-electron chi connectivity index (χ0n) is 13.1.